The van der Waals surface area contributed by atoms with E-state index in [0.29, 0.717) is 6.08 Å². The van der Waals surface area contributed by atoms with Crippen molar-refractivity contribution < 1.29 is 37.0 Å². The van der Waals surface area contributed by atoms with Crippen LogP contribution in [0.2, 0.25) is 0 Å². The fraction of sp³-hybridized carbons (Fsp3) is 0. The number of carboxylic acid groups (broad SMARTS) is 1. The highest BCUT2D eigenvalue weighted by Crippen LogP contribution is 2.26. The highest BCUT2D eigenvalue weighted by atomic mass is 32.2. The quantitative estimate of drug-likeness (QED) is 0.369. The van der Waals surface area contributed by atoms with Gasteiger partial charge in [-0.25, -0.2) is 17.6 Å². The molecule has 0 bridgehead atoms. The molecule has 0 aliphatic carbocycles. The third-order valence-corrected chi connectivity index (χ3v) is 4.45. The van der Waals surface area contributed by atoms with Crippen LogP contribution in [0.4, 0.5) is 4.39 Å². The van der Waals surface area contributed by atoms with E-state index in [0.717, 1.165) is 36.6 Å². The summed E-state index contributed by atoms with van der Waals surface area (Å²) < 4.78 is 42.5. The number of rotatable bonds is 5. The van der Waals surface area contributed by atoms with Crippen LogP contribution >= 0.6 is 0 Å². The Balaban J connectivity index is 2.49. The highest BCUT2D eigenvalue weighted by molar-refractivity contribution is 7.91. The molecular weight excluding hydrogens is 331 g/mol. The number of carboxylic acids is 1. The average molecular weight is 340 g/mol. The number of halogens is 1. The number of aliphatic carboxylic acids is 1. The van der Waals surface area contributed by atoms with Gasteiger partial charge < -0.3 is 14.6 Å². The molecule has 7 nitrogen and oxygen atoms in total. The van der Waals surface area contributed by atoms with Crippen LogP contribution in [-0.2, 0) is 14.6 Å². The Kier molecular flexibility index (Phi) is 4.32. The third-order valence-electron chi connectivity index (χ3n) is 2.75. The van der Waals surface area contributed by atoms with Gasteiger partial charge in [-0.2, -0.15) is 0 Å². The van der Waals surface area contributed by atoms with Crippen molar-refractivity contribution in [2.75, 3.05) is 0 Å². The minimum atomic E-state index is -4.26. The van der Waals surface area contributed by atoms with Gasteiger partial charge in [0.15, 0.2) is 5.78 Å². The predicted molar refractivity (Wildman–Crippen MR) is 73.2 cm³/mol. The van der Waals surface area contributed by atoms with Gasteiger partial charge in [0.25, 0.3) is 0 Å². The van der Waals surface area contributed by atoms with E-state index in [1.54, 1.807) is 0 Å². The predicted octanol–water partition coefficient (Wildman–Crippen LogP) is 1.96. The van der Waals surface area contributed by atoms with Gasteiger partial charge >= 0.3 is 5.97 Å². The minimum absolute atomic E-state index is 0.311. The summed E-state index contributed by atoms with van der Waals surface area (Å²) in [5, 5.41) is 16.8. The molecule has 120 valence electrons. The lowest BCUT2D eigenvalue weighted by molar-refractivity contribution is -0.135. The molecule has 0 aliphatic rings. The van der Waals surface area contributed by atoms with Crippen LogP contribution in [0.25, 0.3) is 0 Å². The number of hydrogen-bond acceptors (Lipinski definition) is 6. The molecule has 0 atom stereocenters. The Morgan fingerprint density at radius 2 is 1.70 bits per heavy atom. The van der Waals surface area contributed by atoms with Crippen LogP contribution in [0, 0.1) is 5.82 Å². The SMILES string of the molecule is O=C(O)C(O)=CC(=O)c1ccoc1S(=O)(=O)c1ccc(F)cc1. The molecule has 9 heteroatoms. The third kappa shape index (κ3) is 3.29. The van der Waals surface area contributed by atoms with Gasteiger partial charge in [0.1, 0.15) is 5.82 Å². The summed E-state index contributed by atoms with van der Waals surface area (Å²) in [5.74, 6) is -4.71. The number of carbonyl (C=O) groups excluding carboxylic acids is 1. The van der Waals surface area contributed by atoms with Crippen molar-refractivity contribution in [3.63, 3.8) is 0 Å². The first-order valence-corrected chi connectivity index (χ1v) is 7.48. The molecule has 1 aromatic carbocycles. The van der Waals surface area contributed by atoms with Crippen LogP contribution in [-0.4, -0.2) is 30.4 Å². The van der Waals surface area contributed by atoms with E-state index < -0.39 is 43.8 Å². The standard InChI is InChI=1S/C14H9FO7S/c15-8-1-3-9(4-2-8)23(20,21)14-10(5-6-22-14)11(16)7-12(17)13(18)19/h1-7,17H,(H,18,19). The van der Waals surface area contributed by atoms with Crippen molar-refractivity contribution in [3.8, 4) is 0 Å². The first-order chi connectivity index (χ1) is 10.7. The van der Waals surface area contributed by atoms with Gasteiger partial charge in [0.05, 0.1) is 16.7 Å². The number of furan rings is 1. The van der Waals surface area contributed by atoms with E-state index in [4.69, 9.17) is 14.6 Å². The Morgan fingerprint density at radius 1 is 1.09 bits per heavy atom. The van der Waals surface area contributed by atoms with E-state index in [1.165, 1.54) is 0 Å². The maximum absolute atomic E-state index is 12.9. The number of ketones is 1. The Labute approximate surface area is 129 Å². The number of aliphatic hydroxyl groups excluding tert-OH is 1. The molecule has 23 heavy (non-hydrogen) atoms. The largest absolute Gasteiger partial charge is 0.502 e. The van der Waals surface area contributed by atoms with Crippen LogP contribution in [0.15, 0.2) is 62.8 Å². The Morgan fingerprint density at radius 3 is 2.26 bits per heavy atom. The second-order valence-corrected chi connectivity index (χ2v) is 6.13. The van der Waals surface area contributed by atoms with Crippen LogP contribution in [0.1, 0.15) is 10.4 Å². The van der Waals surface area contributed by atoms with Gasteiger partial charge in [-0.05, 0) is 30.3 Å². The van der Waals surface area contributed by atoms with Crippen molar-refractivity contribution in [1.82, 2.24) is 0 Å². The smallest absolute Gasteiger partial charge is 0.371 e. The number of aliphatic hydroxyl groups is 1. The van der Waals surface area contributed by atoms with E-state index in [1.807, 2.05) is 0 Å². The lowest BCUT2D eigenvalue weighted by atomic mass is 10.2. The number of allylic oxidation sites excluding steroid dienone is 1. The average Bonchev–Trinajstić information content (AvgIpc) is 2.97. The van der Waals surface area contributed by atoms with Crippen LogP contribution in [0.5, 0.6) is 0 Å². The molecule has 0 spiro atoms. The second-order valence-electron chi connectivity index (χ2n) is 4.28. The first kappa shape index (κ1) is 16.4. The zero-order valence-corrected chi connectivity index (χ0v) is 12.1. The molecule has 2 rings (SSSR count). The zero-order valence-electron chi connectivity index (χ0n) is 11.3. The first-order valence-electron chi connectivity index (χ1n) is 6.00. The van der Waals surface area contributed by atoms with Gasteiger partial charge in [-0.3, -0.25) is 4.79 Å². The summed E-state index contributed by atoms with van der Waals surface area (Å²) in [5.41, 5.74) is -0.456. The molecule has 1 aromatic heterocycles. The summed E-state index contributed by atoms with van der Waals surface area (Å²) >= 11 is 0. The van der Waals surface area contributed by atoms with Gasteiger partial charge in [0, 0.05) is 6.08 Å². The number of sulfone groups is 1. The molecule has 2 aromatic rings. The number of hydrogen-bond donors (Lipinski definition) is 2. The molecular formula is C14H9FO7S. The normalized spacial score (nSPS) is 12.1. The lowest BCUT2D eigenvalue weighted by Crippen LogP contribution is -2.08. The summed E-state index contributed by atoms with van der Waals surface area (Å²) in [4.78, 5) is 22.1. The lowest BCUT2D eigenvalue weighted by Gasteiger charge is -2.03. The van der Waals surface area contributed by atoms with Crippen LogP contribution < -0.4 is 0 Å². The summed E-state index contributed by atoms with van der Waals surface area (Å²) in [6.45, 7) is 0. The maximum Gasteiger partial charge on any atom is 0.371 e. The number of carbonyl (C=O) groups is 2. The summed E-state index contributed by atoms with van der Waals surface area (Å²) in [6, 6.07) is 4.85. The fourth-order valence-corrected chi connectivity index (χ4v) is 3.02. The van der Waals surface area contributed by atoms with Crippen molar-refractivity contribution in [2.45, 2.75) is 9.99 Å². The fourth-order valence-electron chi connectivity index (χ4n) is 1.67. The molecule has 2 N–H and O–H groups in total. The zero-order chi connectivity index (χ0) is 17.2. The molecule has 0 saturated heterocycles. The van der Waals surface area contributed by atoms with E-state index in [9.17, 15) is 22.4 Å². The molecule has 0 unspecified atom stereocenters. The molecule has 0 saturated carbocycles. The molecule has 0 radical (unpaired) electrons. The summed E-state index contributed by atoms with van der Waals surface area (Å²) in [7, 11) is -4.26. The highest BCUT2D eigenvalue weighted by Gasteiger charge is 2.28. The summed E-state index contributed by atoms with van der Waals surface area (Å²) in [6.07, 6.45) is 1.28. The minimum Gasteiger partial charge on any atom is -0.502 e. The van der Waals surface area contributed by atoms with E-state index in [2.05, 4.69) is 0 Å². The second kappa shape index (κ2) is 6.05. The van der Waals surface area contributed by atoms with Gasteiger partial charge in [0.2, 0.25) is 20.7 Å². The van der Waals surface area contributed by atoms with Gasteiger partial charge in [-0.15, -0.1) is 0 Å². The van der Waals surface area contributed by atoms with E-state index in [-0.39, 0.29) is 4.90 Å². The van der Waals surface area contributed by atoms with E-state index >= 15 is 0 Å². The molecule has 0 amide bonds. The van der Waals surface area contributed by atoms with Crippen molar-refractivity contribution >= 4 is 21.6 Å². The monoisotopic (exact) mass is 340 g/mol. The Hall–Kier alpha value is -2.94. The maximum atomic E-state index is 12.9. The topological polar surface area (TPSA) is 122 Å². The Bertz CT molecular complexity index is 891. The molecule has 1 heterocycles. The molecule has 0 aliphatic heterocycles. The molecule has 0 fully saturated rings. The number of benzene rings is 1. The van der Waals surface area contributed by atoms with Gasteiger partial charge in [-0.1, -0.05) is 0 Å². The van der Waals surface area contributed by atoms with Crippen LogP contribution in [0.3, 0.4) is 0 Å². The van der Waals surface area contributed by atoms with Crippen molar-refractivity contribution in [2.24, 2.45) is 0 Å². The van der Waals surface area contributed by atoms with Crippen molar-refractivity contribution in [3.05, 3.63) is 59.8 Å². The van der Waals surface area contributed by atoms with Crippen molar-refractivity contribution in [1.29, 1.82) is 0 Å².